The average molecular weight is 455 g/mol. The van der Waals surface area contributed by atoms with E-state index >= 15 is 0 Å². The van der Waals surface area contributed by atoms with Crippen LogP contribution in [0.1, 0.15) is 17.3 Å². The minimum atomic E-state index is -0.554. The number of carbonyl (C=O) groups is 2. The third kappa shape index (κ3) is 5.68. The van der Waals surface area contributed by atoms with Gasteiger partial charge in [0.15, 0.2) is 6.61 Å². The molecule has 0 saturated carbocycles. The van der Waals surface area contributed by atoms with Gasteiger partial charge in [0.05, 0.1) is 16.6 Å². The summed E-state index contributed by atoms with van der Waals surface area (Å²) < 4.78 is 16.2. The summed E-state index contributed by atoms with van der Waals surface area (Å²) in [5.41, 5.74) is 2.54. The van der Waals surface area contributed by atoms with E-state index < -0.39 is 11.9 Å². The Morgan fingerprint density at radius 2 is 1.59 bits per heavy atom. The van der Waals surface area contributed by atoms with Crippen LogP contribution in [-0.4, -0.2) is 25.2 Å². The van der Waals surface area contributed by atoms with Crippen LogP contribution in [0.3, 0.4) is 0 Å². The van der Waals surface area contributed by atoms with Crippen molar-refractivity contribution < 1.29 is 23.8 Å². The molecular formula is C23H19BrO5. The monoisotopic (exact) mass is 454 g/mol. The fourth-order valence-corrected chi connectivity index (χ4v) is 3.05. The Kier molecular flexibility index (Phi) is 7.03. The molecule has 3 rings (SSSR count). The molecule has 0 saturated heterocycles. The zero-order valence-corrected chi connectivity index (χ0v) is 17.3. The quantitative estimate of drug-likeness (QED) is 0.359. The maximum atomic E-state index is 12.1. The lowest BCUT2D eigenvalue weighted by molar-refractivity contribution is -0.136. The van der Waals surface area contributed by atoms with Gasteiger partial charge in [0, 0.05) is 0 Å². The van der Waals surface area contributed by atoms with E-state index in [1.54, 1.807) is 25.1 Å². The van der Waals surface area contributed by atoms with Gasteiger partial charge < -0.3 is 14.2 Å². The molecule has 0 fully saturated rings. The van der Waals surface area contributed by atoms with E-state index in [1.165, 1.54) is 12.1 Å². The topological polar surface area (TPSA) is 61.8 Å². The molecule has 0 aromatic heterocycles. The van der Waals surface area contributed by atoms with Gasteiger partial charge in [-0.1, -0.05) is 42.5 Å². The minimum Gasteiger partial charge on any atom is -0.482 e. The molecule has 148 valence electrons. The Bertz CT molecular complexity index is 984. The Morgan fingerprint density at radius 3 is 2.24 bits per heavy atom. The summed E-state index contributed by atoms with van der Waals surface area (Å²) in [6.07, 6.45) is 0. The van der Waals surface area contributed by atoms with Crippen LogP contribution in [0, 0.1) is 0 Å². The van der Waals surface area contributed by atoms with Crippen molar-refractivity contribution in [2.75, 3.05) is 13.2 Å². The highest BCUT2D eigenvalue weighted by atomic mass is 79.9. The summed E-state index contributed by atoms with van der Waals surface area (Å²) >= 11 is 3.30. The van der Waals surface area contributed by atoms with Crippen LogP contribution >= 0.6 is 15.9 Å². The minimum absolute atomic E-state index is 0.239. The van der Waals surface area contributed by atoms with Gasteiger partial charge >= 0.3 is 11.9 Å². The first-order valence-electron chi connectivity index (χ1n) is 9.02. The predicted molar refractivity (Wildman–Crippen MR) is 113 cm³/mol. The lowest BCUT2D eigenvalue weighted by Crippen LogP contribution is -2.18. The van der Waals surface area contributed by atoms with Gasteiger partial charge in [-0.3, -0.25) is 0 Å². The molecule has 0 amide bonds. The van der Waals surface area contributed by atoms with Crippen molar-refractivity contribution in [2.45, 2.75) is 6.92 Å². The molecule has 6 heteroatoms. The highest BCUT2D eigenvalue weighted by Gasteiger charge is 2.13. The second-order valence-corrected chi connectivity index (χ2v) is 6.87. The number of ether oxygens (including phenoxy) is 3. The smallest absolute Gasteiger partial charge is 0.349 e. The summed E-state index contributed by atoms with van der Waals surface area (Å²) in [6, 6.07) is 22.1. The van der Waals surface area contributed by atoms with E-state index in [0.717, 1.165) is 11.1 Å². The number of hydrogen-bond acceptors (Lipinski definition) is 5. The maximum Gasteiger partial charge on any atom is 0.349 e. The molecule has 0 aliphatic rings. The first-order chi connectivity index (χ1) is 14.1. The van der Waals surface area contributed by atoms with Gasteiger partial charge in [0.2, 0.25) is 0 Å². The van der Waals surface area contributed by atoms with Crippen molar-refractivity contribution in [3.8, 4) is 22.6 Å². The molecule has 0 bridgehead atoms. The first-order valence-corrected chi connectivity index (χ1v) is 9.81. The molecule has 0 aliphatic carbocycles. The van der Waals surface area contributed by atoms with E-state index in [0.29, 0.717) is 21.5 Å². The Labute approximate surface area is 177 Å². The standard InChI is InChI=1S/C23H19BrO5/c1-2-27-23(26)18-10-13-21(20(24)14-18)29-22(25)15-28-19-11-8-17(9-12-19)16-6-4-3-5-7-16/h3-14H,2,15H2,1H3. The lowest BCUT2D eigenvalue weighted by atomic mass is 10.1. The van der Waals surface area contributed by atoms with Gasteiger partial charge in [0.1, 0.15) is 11.5 Å². The van der Waals surface area contributed by atoms with Crippen molar-refractivity contribution in [3.63, 3.8) is 0 Å². The van der Waals surface area contributed by atoms with Gasteiger partial charge in [-0.2, -0.15) is 0 Å². The highest BCUT2D eigenvalue weighted by Crippen LogP contribution is 2.27. The van der Waals surface area contributed by atoms with Crippen LogP contribution < -0.4 is 9.47 Å². The van der Waals surface area contributed by atoms with Gasteiger partial charge in [-0.15, -0.1) is 0 Å². The maximum absolute atomic E-state index is 12.1. The molecule has 29 heavy (non-hydrogen) atoms. The highest BCUT2D eigenvalue weighted by molar-refractivity contribution is 9.10. The van der Waals surface area contributed by atoms with Crippen molar-refractivity contribution >= 4 is 27.9 Å². The molecule has 0 radical (unpaired) electrons. The summed E-state index contributed by atoms with van der Waals surface area (Å²) in [5.74, 6) is -0.125. The number of rotatable bonds is 7. The molecule has 0 heterocycles. The van der Waals surface area contributed by atoms with E-state index in [-0.39, 0.29) is 13.2 Å². The third-order valence-electron chi connectivity index (χ3n) is 3.98. The molecule has 0 spiro atoms. The molecule has 5 nitrogen and oxygen atoms in total. The van der Waals surface area contributed by atoms with Crippen LogP contribution in [0.5, 0.6) is 11.5 Å². The Hall–Kier alpha value is -3.12. The molecule has 0 unspecified atom stereocenters. The molecule has 3 aromatic rings. The normalized spacial score (nSPS) is 10.3. The molecule has 3 aromatic carbocycles. The third-order valence-corrected chi connectivity index (χ3v) is 4.60. The first kappa shape index (κ1) is 20.6. The zero-order chi connectivity index (χ0) is 20.6. The van der Waals surface area contributed by atoms with E-state index in [4.69, 9.17) is 14.2 Å². The molecular weight excluding hydrogens is 436 g/mol. The second kappa shape index (κ2) is 9.89. The van der Waals surface area contributed by atoms with Crippen LogP contribution in [0.15, 0.2) is 77.3 Å². The van der Waals surface area contributed by atoms with E-state index in [1.807, 2.05) is 42.5 Å². The van der Waals surface area contributed by atoms with Gasteiger partial charge in [-0.25, -0.2) is 9.59 Å². The molecule has 0 aliphatic heterocycles. The summed E-state index contributed by atoms with van der Waals surface area (Å²) in [6.45, 7) is 1.78. The Balaban J connectivity index is 1.55. The zero-order valence-electron chi connectivity index (χ0n) is 15.8. The van der Waals surface area contributed by atoms with Gasteiger partial charge in [0.25, 0.3) is 0 Å². The van der Waals surface area contributed by atoms with Crippen LogP contribution in [0.25, 0.3) is 11.1 Å². The SMILES string of the molecule is CCOC(=O)c1ccc(OC(=O)COc2ccc(-c3ccccc3)cc2)c(Br)c1. The van der Waals surface area contributed by atoms with Crippen LogP contribution in [-0.2, 0) is 9.53 Å². The summed E-state index contributed by atoms with van der Waals surface area (Å²) in [7, 11) is 0. The number of halogens is 1. The van der Waals surface area contributed by atoms with Crippen molar-refractivity contribution in [3.05, 3.63) is 82.8 Å². The summed E-state index contributed by atoms with van der Waals surface area (Å²) in [5, 5.41) is 0. The van der Waals surface area contributed by atoms with E-state index in [2.05, 4.69) is 15.9 Å². The van der Waals surface area contributed by atoms with Crippen LogP contribution in [0.4, 0.5) is 0 Å². The number of esters is 2. The number of benzene rings is 3. The number of carbonyl (C=O) groups excluding carboxylic acids is 2. The van der Waals surface area contributed by atoms with Gasteiger partial charge in [-0.05, 0) is 64.3 Å². The average Bonchev–Trinajstić information content (AvgIpc) is 2.75. The number of hydrogen-bond donors (Lipinski definition) is 0. The van der Waals surface area contributed by atoms with Crippen molar-refractivity contribution in [2.24, 2.45) is 0 Å². The van der Waals surface area contributed by atoms with Crippen molar-refractivity contribution in [1.29, 1.82) is 0 Å². The lowest BCUT2D eigenvalue weighted by Gasteiger charge is -2.10. The molecule has 0 N–H and O–H groups in total. The van der Waals surface area contributed by atoms with Crippen molar-refractivity contribution in [1.82, 2.24) is 0 Å². The second-order valence-electron chi connectivity index (χ2n) is 6.02. The fourth-order valence-electron chi connectivity index (χ4n) is 2.59. The largest absolute Gasteiger partial charge is 0.482 e. The van der Waals surface area contributed by atoms with Crippen LogP contribution in [0.2, 0.25) is 0 Å². The summed E-state index contributed by atoms with van der Waals surface area (Å²) in [4.78, 5) is 23.8. The van der Waals surface area contributed by atoms with E-state index in [9.17, 15) is 9.59 Å². The Morgan fingerprint density at radius 1 is 0.897 bits per heavy atom. The predicted octanol–water partition coefficient (Wildman–Crippen LogP) is 5.28. The molecule has 0 atom stereocenters. The fraction of sp³-hybridized carbons (Fsp3) is 0.130.